The van der Waals surface area contributed by atoms with Crippen LogP contribution in [0.1, 0.15) is 11.4 Å². The first kappa shape index (κ1) is 7.44. The van der Waals surface area contributed by atoms with E-state index in [4.69, 9.17) is 5.11 Å². The lowest BCUT2D eigenvalue weighted by atomic mass is 10.4. The highest BCUT2D eigenvalue weighted by Gasteiger charge is 1.84. The summed E-state index contributed by atoms with van der Waals surface area (Å²) in [7, 11) is 0. The van der Waals surface area contributed by atoms with E-state index < -0.39 is 0 Å². The zero-order chi connectivity index (χ0) is 7.23. The summed E-state index contributed by atoms with van der Waals surface area (Å²) in [4.78, 5) is 4.04. The van der Waals surface area contributed by atoms with Gasteiger partial charge in [-0.25, -0.2) is 4.98 Å². The SMILES string of the molecule is OCCC=Cc1nccs1. The molecule has 1 rings (SSSR count). The van der Waals surface area contributed by atoms with Crippen molar-refractivity contribution in [1.82, 2.24) is 4.98 Å². The van der Waals surface area contributed by atoms with Gasteiger partial charge < -0.3 is 5.11 Å². The molecule has 2 nitrogen and oxygen atoms in total. The minimum atomic E-state index is 0.210. The van der Waals surface area contributed by atoms with Crippen LogP contribution >= 0.6 is 11.3 Å². The number of hydrogen-bond donors (Lipinski definition) is 1. The van der Waals surface area contributed by atoms with Gasteiger partial charge in [-0.3, -0.25) is 0 Å². The molecule has 0 unspecified atom stereocenters. The van der Waals surface area contributed by atoms with Crippen molar-refractivity contribution in [2.75, 3.05) is 6.61 Å². The largest absolute Gasteiger partial charge is 0.396 e. The van der Waals surface area contributed by atoms with E-state index in [1.54, 1.807) is 17.5 Å². The Morgan fingerprint density at radius 1 is 1.70 bits per heavy atom. The predicted molar refractivity (Wildman–Crippen MR) is 42.9 cm³/mol. The smallest absolute Gasteiger partial charge is 0.115 e. The standard InChI is InChI=1S/C7H9NOS/c9-5-2-1-3-7-8-4-6-10-7/h1,3-4,6,9H,2,5H2. The van der Waals surface area contributed by atoms with Gasteiger partial charge in [0.2, 0.25) is 0 Å². The molecule has 0 spiro atoms. The van der Waals surface area contributed by atoms with Gasteiger partial charge in [0.25, 0.3) is 0 Å². The van der Waals surface area contributed by atoms with E-state index >= 15 is 0 Å². The fourth-order valence-electron chi connectivity index (χ4n) is 0.575. The van der Waals surface area contributed by atoms with Crippen LogP contribution < -0.4 is 0 Å². The van der Waals surface area contributed by atoms with E-state index in [1.165, 1.54) is 0 Å². The van der Waals surface area contributed by atoms with E-state index in [2.05, 4.69) is 4.98 Å². The van der Waals surface area contributed by atoms with Crippen LogP contribution in [0.25, 0.3) is 6.08 Å². The molecule has 0 bridgehead atoms. The van der Waals surface area contributed by atoms with Crippen LogP contribution in [0.2, 0.25) is 0 Å². The molecule has 1 N–H and O–H groups in total. The minimum Gasteiger partial charge on any atom is -0.396 e. The van der Waals surface area contributed by atoms with Gasteiger partial charge >= 0.3 is 0 Å². The van der Waals surface area contributed by atoms with Crippen molar-refractivity contribution in [1.29, 1.82) is 0 Å². The van der Waals surface area contributed by atoms with Crippen molar-refractivity contribution < 1.29 is 5.11 Å². The van der Waals surface area contributed by atoms with E-state index in [0.29, 0.717) is 6.42 Å². The van der Waals surface area contributed by atoms with Gasteiger partial charge in [0.1, 0.15) is 5.01 Å². The summed E-state index contributed by atoms with van der Waals surface area (Å²) in [6.45, 7) is 0.210. The molecule has 54 valence electrons. The molecule has 0 aromatic carbocycles. The first-order chi connectivity index (χ1) is 4.93. The molecule has 0 saturated carbocycles. The quantitative estimate of drug-likeness (QED) is 0.718. The fraction of sp³-hybridized carbons (Fsp3) is 0.286. The molecule has 0 fully saturated rings. The number of thiazole rings is 1. The summed E-state index contributed by atoms with van der Waals surface area (Å²) in [5.41, 5.74) is 0. The molecule has 0 aliphatic heterocycles. The van der Waals surface area contributed by atoms with Crippen LogP contribution in [-0.4, -0.2) is 16.7 Å². The minimum absolute atomic E-state index is 0.210. The number of nitrogens with zero attached hydrogens (tertiary/aromatic N) is 1. The second kappa shape index (κ2) is 4.19. The first-order valence-corrected chi connectivity index (χ1v) is 3.98. The van der Waals surface area contributed by atoms with Gasteiger partial charge in [-0.15, -0.1) is 11.3 Å². The Labute approximate surface area is 63.9 Å². The Hall–Kier alpha value is -0.670. The molecule has 0 radical (unpaired) electrons. The van der Waals surface area contributed by atoms with E-state index in [-0.39, 0.29) is 6.61 Å². The number of rotatable bonds is 3. The van der Waals surface area contributed by atoms with Crippen LogP contribution in [-0.2, 0) is 0 Å². The normalized spacial score (nSPS) is 10.9. The van der Waals surface area contributed by atoms with Crippen LogP contribution in [0.15, 0.2) is 17.7 Å². The molecule has 0 atom stereocenters. The molecule has 1 aromatic heterocycles. The number of hydrogen-bond acceptors (Lipinski definition) is 3. The van der Waals surface area contributed by atoms with Crippen LogP contribution in [0, 0.1) is 0 Å². The van der Waals surface area contributed by atoms with E-state index in [0.717, 1.165) is 5.01 Å². The Kier molecular flexibility index (Phi) is 3.12. The topological polar surface area (TPSA) is 33.1 Å². The fourth-order valence-corrected chi connectivity index (χ4v) is 1.13. The summed E-state index contributed by atoms with van der Waals surface area (Å²) < 4.78 is 0. The van der Waals surface area contributed by atoms with E-state index in [1.807, 2.05) is 17.5 Å². The van der Waals surface area contributed by atoms with Gasteiger partial charge in [0.15, 0.2) is 0 Å². The predicted octanol–water partition coefficient (Wildman–Crippen LogP) is 1.54. The van der Waals surface area contributed by atoms with Gasteiger partial charge in [0, 0.05) is 18.2 Å². The summed E-state index contributed by atoms with van der Waals surface area (Å²) in [5, 5.41) is 11.3. The molecule has 0 aliphatic rings. The van der Waals surface area contributed by atoms with Gasteiger partial charge in [0.05, 0.1) is 0 Å². The van der Waals surface area contributed by atoms with Crippen LogP contribution in [0.5, 0.6) is 0 Å². The lowest BCUT2D eigenvalue weighted by Crippen LogP contribution is -1.74. The third kappa shape index (κ3) is 2.29. The second-order valence-electron chi connectivity index (χ2n) is 1.78. The van der Waals surface area contributed by atoms with Crippen LogP contribution in [0.3, 0.4) is 0 Å². The van der Waals surface area contributed by atoms with Crippen molar-refractivity contribution in [3.05, 3.63) is 22.7 Å². The maximum absolute atomic E-state index is 8.43. The van der Waals surface area contributed by atoms with Crippen molar-refractivity contribution in [2.24, 2.45) is 0 Å². The Morgan fingerprint density at radius 2 is 2.60 bits per heavy atom. The van der Waals surface area contributed by atoms with Crippen molar-refractivity contribution in [3.63, 3.8) is 0 Å². The van der Waals surface area contributed by atoms with Gasteiger partial charge in [-0.1, -0.05) is 6.08 Å². The summed E-state index contributed by atoms with van der Waals surface area (Å²) in [6, 6.07) is 0. The number of aliphatic hydroxyl groups is 1. The number of aromatic nitrogens is 1. The Bertz CT molecular complexity index is 193. The second-order valence-corrected chi connectivity index (χ2v) is 2.71. The molecular weight excluding hydrogens is 146 g/mol. The lowest BCUT2D eigenvalue weighted by Gasteiger charge is -1.81. The third-order valence-corrected chi connectivity index (χ3v) is 1.75. The molecular formula is C7H9NOS. The molecule has 0 amide bonds. The van der Waals surface area contributed by atoms with Crippen LogP contribution in [0.4, 0.5) is 0 Å². The van der Waals surface area contributed by atoms with Gasteiger partial charge in [-0.05, 0) is 12.5 Å². The molecule has 3 heteroatoms. The van der Waals surface area contributed by atoms with Crippen molar-refractivity contribution in [2.45, 2.75) is 6.42 Å². The lowest BCUT2D eigenvalue weighted by molar-refractivity contribution is 0.303. The third-order valence-electron chi connectivity index (χ3n) is 1.01. The Balaban J connectivity index is 2.40. The summed E-state index contributed by atoms with van der Waals surface area (Å²) >= 11 is 1.59. The van der Waals surface area contributed by atoms with Crippen molar-refractivity contribution in [3.8, 4) is 0 Å². The molecule has 0 saturated heterocycles. The highest BCUT2D eigenvalue weighted by atomic mass is 32.1. The molecule has 1 aromatic rings. The Morgan fingerprint density at radius 3 is 3.20 bits per heavy atom. The average Bonchev–Trinajstić information content (AvgIpc) is 2.41. The average molecular weight is 155 g/mol. The monoisotopic (exact) mass is 155 g/mol. The maximum atomic E-state index is 8.43. The summed E-state index contributed by atoms with van der Waals surface area (Å²) in [6.07, 6.45) is 6.31. The maximum Gasteiger partial charge on any atom is 0.115 e. The molecule has 10 heavy (non-hydrogen) atoms. The highest BCUT2D eigenvalue weighted by Crippen LogP contribution is 2.05. The zero-order valence-corrected chi connectivity index (χ0v) is 6.34. The highest BCUT2D eigenvalue weighted by molar-refractivity contribution is 7.10. The summed E-state index contributed by atoms with van der Waals surface area (Å²) in [5.74, 6) is 0. The van der Waals surface area contributed by atoms with Crippen molar-refractivity contribution >= 4 is 17.4 Å². The zero-order valence-electron chi connectivity index (χ0n) is 5.53. The number of aliphatic hydroxyl groups excluding tert-OH is 1. The van der Waals surface area contributed by atoms with E-state index in [9.17, 15) is 0 Å². The van der Waals surface area contributed by atoms with Gasteiger partial charge in [-0.2, -0.15) is 0 Å². The molecule has 0 aliphatic carbocycles. The molecule has 1 heterocycles. The first-order valence-electron chi connectivity index (χ1n) is 3.10.